The lowest BCUT2D eigenvalue weighted by Crippen LogP contribution is -2.30. The number of hydrogen-bond acceptors (Lipinski definition) is 6. The molecule has 0 aromatic rings. The number of carbonyl (C=O) groups excluding carboxylic acids is 3. The van der Waals surface area contributed by atoms with Gasteiger partial charge in [0.15, 0.2) is 6.10 Å². The van der Waals surface area contributed by atoms with Crippen LogP contribution in [0.2, 0.25) is 0 Å². The average molecular weight is 996 g/mol. The van der Waals surface area contributed by atoms with Crippen molar-refractivity contribution in [2.45, 2.75) is 335 Å². The van der Waals surface area contributed by atoms with Gasteiger partial charge in [-0.2, -0.15) is 0 Å². The van der Waals surface area contributed by atoms with Crippen LogP contribution in [0, 0.1) is 0 Å². The summed E-state index contributed by atoms with van der Waals surface area (Å²) in [6.45, 7) is 6.50. The molecular weight excluding hydrogens is 877 g/mol. The molecule has 0 saturated carbocycles. The first-order valence-corrected chi connectivity index (χ1v) is 31.1. The monoisotopic (exact) mass is 995 g/mol. The summed E-state index contributed by atoms with van der Waals surface area (Å²) in [4.78, 5) is 37.7. The molecule has 0 aliphatic heterocycles. The number of allylic oxidation sites excluding steroid dienone is 8. The maximum atomic E-state index is 12.7. The summed E-state index contributed by atoms with van der Waals surface area (Å²) in [7, 11) is 0. The van der Waals surface area contributed by atoms with E-state index in [1.54, 1.807) is 0 Å². The van der Waals surface area contributed by atoms with E-state index in [-0.39, 0.29) is 31.1 Å². The van der Waals surface area contributed by atoms with Gasteiger partial charge < -0.3 is 14.2 Å². The molecule has 6 nitrogen and oxygen atoms in total. The predicted molar refractivity (Wildman–Crippen MR) is 307 cm³/mol. The van der Waals surface area contributed by atoms with Gasteiger partial charge in [-0.1, -0.05) is 281 Å². The lowest BCUT2D eigenvalue weighted by atomic mass is 10.0. The van der Waals surface area contributed by atoms with Gasteiger partial charge in [0.25, 0.3) is 0 Å². The molecule has 414 valence electrons. The normalized spacial score (nSPS) is 12.3. The van der Waals surface area contributed by atoms with Crippen molar-refractivity contribution >= 4 is 17.9 Å². The Morgan fingerprint density at radius 2 is 0.535 bits per heavy atom. The van der Waals surface area contributed by atoms with Crippen LogP contribution in [0.5, 0.6) is 0 Å². The van der Waals surface area contributed by atoms with E-state index >= 15 is 0 Å². The minimum absolute atomic E-state index is 0.0756. The van der Waals surface area contributed by atoms with Gasteiger partial charge in [0.1, 0.15) is 13.2 Å². The first kappa shape index (κ1) is 68.4. The third-order valence-electron chi connectivity index (χ3n) is 13.8. The lowest BCUT2D eigenvalue weighted by molar-refractivity contribution is -0.167. The van der Waals surface area contributed by atoms with Crippen LogP contribution in [0.1, 0.15) is 329 Å². The SMILES string of the molecule is CCC/C=C\C/C=C\CCCCCCCC(=O)OC(COC(=O)CCCCCCC)COC(=O)CCCCCCCCCCCCCCCCCCCCCCCCC/C=C\C/C=C\CCCCCCC. The molecule has 0 aliphatic carbocycles. The second kappa shape index (κ2) is 59.9. The molecule has 0 N–H and O–H groups in total. The molecule has 0 amide bonds. The molecule has 0 bridgehead atoms. The largest absolute Gasteiger partial charge is 0.462 e. The highest BCUT2D eigenvalue weighted by Crippen LogP contribution is 2.17. The highest BCUT2D eigenvalue weighted by Gasteiger charge is 2.19. The van der Waals surface area contributed by atoms with Crippen LogP contribution in [-0.2, 0) is 28.6 Å². The van der Waals surface area contributed by atoms with Gasteiger partial charge in [0, 0.05) is 19.3 Å². The zero-order valence-electron chi connectivity index (χ0n) is 47.5. The molecule has 0 saturated heterocycles. The number of ether oxygens (including phenoxy) is 3. The van der Waals surface area contributed by atoms with Crippen LogP contribution >= 0.6 is 0 Å². The number of rotatable bonds is 57. The quantitative estimate of drug-likeness (QED) is 0.0261. The van der Waals surface area contributed by atoms with Crippen LogP contribution in [0.15, 0.2) is 48.6 Å². The maximum absolute atomic E-state index is 12.7. The first-order chi connectivity index (χ1) is 35.0. The fourth-order valence-corrected chi connectivity index (χ4v) is 9.10. The van der Waals surface area contributed by atoms with E-state index in [1.165, 1.54) is 186 Å². The Labute approximate surface area is 441 Å². The van der Waals surface area contributed by atoms with Crippen molar-refractivity contribution in [3.63, 3.8) is 0 Å². The lowest BCUT2D eigenvalue weighted by Gasteiger charge is -2.18. The Bertz CT molecular complexity index is 1230. The number of esters is 3. The number of unbranched alkanes of at least 4 members (excludes halogenated alkanes) is 38. The standard InChI is InChI=1S/C65H118O6/c1-4-7-10-13-15-17-19-21-22-23-24-25-26-27-28-29-30-31-32-33-34-35-36-37-38-39-40-41-42-44-45-47-49-52-55-58-64(67)70-61-62(60-69-63(66)57-54-51-12-9-6-3)71-65(68)59-56-53-50-48-46-43-20-18-16-14-11-8-5-2/h11,14,18-21,23-24,62H,4-10,12-13,15-17,22,25-61H2,1-3H3/b14-11-,20-18-,21-19-,24-23-. The van der Waals surface area contributed by atoms with Gasteiger partial charge in [-0.05, 0) is 77.0 Å². The third-order valence-corrected chi connectivity index (χ3v) is 13.8. The van der Waals surface area contributed by atoms with Crippen molar-refractivity contribution in [3.05, 3.63) is 48.6 Å². The van der Waals surface area contributed by atoms with Crippen molar-refractivity contribution in [1.29, 1.82) is 0 Å². The minimum atomic E-state index is -0.773. The molecule has 1 atom stereocenters. The highest BCUT2D eigenvalue weighted by atomic mass is 16.6. The van der Waals surface area contributed by atoms with Crippen molar-refractivity contribution in [2.24, 2.45) is 0 Å². The van der Waals surface area contributed by atoms with E-state index in [0.717, 1.165) is 103 Å². The van der Waals surface area contributed by atoms with Crippen molar-refractivity contribution in [3.8, 4) is 0 Å². The maximum Gasteiger partial charge on any atom is 0.306 e. The van der Waals surface area contributed by atoms with Crippen LogP contribution in [0.25, 0.3) is 0 Å². The number of carbonyl (C=O) groups is 3. The van der Waals surface area contributed by atoms with Crippen LogP contribution in [-0.4, -0.2) is 37.2 Å². The Hall–Kier alpha value is -2.63. The Balaban J connectivity index is 3.83. The first-order valence-electron chi connectivity index (χ1n) is 31.1. The summed E-state index contributed by atoms with van der Waals surface area (Å²) in [5.74, 6) is -0.892. The van der Waals surface area contributed by atoms with Crippen LogP contribution < -0.4 is 0 Å². The summed E-state index contributed by atoms with van der Waals surface area (Å²) in [6.07, 6.45) is 74.8. The summed E-state index contributed by atoms with van der Waals surface area (Å²) >= 11 is 0. The molecule has 0 radical (unpaired) electrons. The smallest absolute Gasteiger partial charge is 0.306 e. The van der Waals surface area contributed by atoms with Crippen LogP contribution in [0.4, 0.5) is 0 Å². The van der Waals surface area contributed by atoms with E-state index in [0.29, 0.717) is 19.3 Å². The van der Waals surface area contributed by atoms with E-state index in [9.17, 15) is 14.4 Å². The van der Waals surface area contributed by atoms with Gasteiger partial charge in [-0.25, -0.2) is 0 Å². The van der Waals surface area contributed by atoms with Gasteiger partial charge in [-0.3, -0.25) is 14.4 Å². The average Bonchev–Trinajstić information content (AvgIpc) is 3.37. The van der Waals surface area contributed by atoms with Crippen molar-refractivity contribution in [1.82, 2.24) is 0 Å². The minimum Gasteiger partial charge on any atom is -0.462 e. The second-order valence-electron chi connectivity index (χ2n) is 21.0. The van der Waals surface area contributed by atoms with Crippen molar-refractivity contribution < 1.29 is 28.6 Å². The summed E-state index contributed by atoms with van der Waals surface area (Å²) < 4.78 is 16.7. The molecule has 0 aromatic heterocycles. The molecule has 71 heavy (non-hydrogen) atoms. The summed E-state index contributed by atoms with van der Waals surface area (Å²) in [5.41, 5.74) is 0. The zero-order valence-corrected chi connectivity index (χ0v) is 47.5. The molecule has 0 heterocycles. The fourth-order valence-electron chi connectivity index (χ4n) is 9.10. The molecule has 1 unspecified atom stereocenters. The Morgan fingerprint density at radius 3 is 0.831 bits per heavy atom. The topological polar surface area (TPSA) is 78.9 Å². The third kappa shape index (κ3) is 58.1. The molecule has 0 fully saturated rings. The molecule has 0 aliphatic rings. The fraction of sp³-hybridized carbons (Fsp3) is 0.831. The zero-order chi connectivity index (χ0) is 51.4. The molecule has 6 heteroatoms. The summed E-state index contributed by atoms with van der Waals surface area (Å²) in [5, 5.41) is 0. The Kier molecular flexibility index (Phi) is 57.7. The molecular formula is C65H118O6. The van der Waals surface area contributed by atoms with Crippen molar-refractivity contribution in [2.75, 3.05) is 13.2 Å². The Morgan fingerprint density at radius 1 is 0.282 bits per heavy atom. The summed E-state index contributed by atoms with van der Waals surface area (Å²) in [6, 6.07) is 0. The second-order valence-corrected chi connectivity index (χ2v) is 21.0. The van der Waals surface area contributed by atoms with Gasteiger partial charge in [0.05, 0.1) is 0 Å². The van der Waals surface area contributed by atoms with Gasteiger partial charge >= 0.3 is 17.9 Å². The molecule has 0 rings (SSSR count). The predicted octanol–water partition coefficient (Wildman–Crippen LogP) is 21.0. The van der Waals surface area contributed by atoms with E-state index < -0.39 is 6.10 Å². The molecule has 0 spiro atoms. The van der Waals surface area contributed by atoms with E-state index in [4.69, 9.17) is 14.2 Å². The van der Waals surface area contributed by atoms with Gasteiger partial charge in [0.2, 0.25) is 0 Å². The van der Waals surface area contributed by atoms with E-state index in [1.807, 2.05) is 0 Å². The number of hydrogen-bond donors (Lipinski definition) is 0. The highest BCUT2D eigenvalue weighted by molar-refractivity contribution is 5.71. The van der Waals surface area contributed by atoms with Crippen LogP contribution in [0.3, 0.4) is 0 Å². The van der Waals surface area contributed by atoms with E-state index in [2.05, 4.69) is 69.4 Å². The molecule has 0 aromatic carbocycles. The van der Waals surface area contributed by atoms with Gasteiger partial charge in [-0.15, -0.1) is 0 Å².